The largest absolute Gasteiger partial charge is 0.508 e. The molecule has 2 aliphatic heterocycles. The molecule has 1 N–H and O–H groups in total. The predicted octanol–water partition coefficient (Wildman–Crippen LogP) is 2.71. The lowest BCUT2D eigenvalue weighted by Gasteiger charge is -2.36. The van der Waals surface area contributed by atoms with Crippen molar-refractivity contribution in [3.63, 3.8) is 0 Å². The van der Waals surface area contributed by atoms with E-state index in [1.807, 2.05) is 41.4 Å². The zero-order valence-electron chi connectivity index (χ0n) is 16.9. The van der Waals surface area contributed by atoms with Crippen LogP contribution in [0.3, 0.4) is 0 Å². The van der Waals surface area contributed by atoms with E-state index in [9.17, 15) is 9.90 Å². The maximum absolute atomic E-state index is 12.6. The summed E-state index contributed by atoms with van der Waals surface area (Å²) in [6, 6.07) is 13.6. The Morgan fingerprint density at radius 3 is 2.34 bits per heavy atom. The molecule has 2 aromatic rings. The molecular weight excluding hydrogens is 364 g/mol. The zero-order valence-corrected chi connectivity index (χ0v) is 16.9. The van der Waals surface area contributed by atoms with Gasteiger partial charge in [-0.1, -0.05) is 18.2 Å². The number of likely N-dealkylation sites (tertiary alicyclic amines) is 1. The van der Waals surface area contributed by atoms with Gasteiger partial charge in [-0.15, -0.1) is 0 Å². The topological polar surface area (TPSA) is 59.9 Å². The van der Waals surface area contributed by atoms with E-state index in [1.165, 1.54) is 5.56 Å². The Morgan fingerprint density at radius 1 is 0.966 bits per heavy atom. The van der Waals surface area contributed by atoms with Crippen LogP contribution in [0.4, 0.5) is 5.82 Å². The van der Waals surface area contributed by atoms with Crippen LogP contribution in [0.5, 0.6) is 5.75 Å². The highest BCUT2D eigenvalue weighted by atomic mass is 16.3. The van der Waals surface area contributed by atoms with Crippen molar-refractivity contribution >= 4 is 11.7 Å². The number of anilines is 1. The monoisotopic (exact) mass is 394 g/mol. The van der Waals surface area contributed by atoms with Crippen LogP contribution in [0.2, 0.25) is 0 Å². The van der Waals surface area contributed by atoms with Crippen molar-refractivity contribution in [2.75, 3.05) is 50.7 Å². The number of piperazine rings is 1. The van der Waals surface area contributed by atoms with Gasteiger partial charge in [0.2, 0.25) is 5.91 Å². The minimum absolute atomic E-state index is 0.270. The molecule has 0 aliphatic carbocycles. The summed E-state index contributed by atoms with van der Waals surface area (Å²) in [6.45, 7) is 6.17. The summed E-state index contributed by atoms with van der Waals surface area (Å²) in [7, 11) is 0. The lowest BCUT2D eigenvalue weighted by Crippen LogP contribution is -2.49. The molecule has 0 saturated carbocycles. The Hall–Kier alpha value is -2.60. The van der Waals surface area contributed by atoms with Gasteiger partial charge in [0.15, 0.2) is 0 Å². The van der Waals surface area contributed by atoms with E-state index in [4.69, 9.17) is 0 Å². The van der Waals surface area contributed by atoms with Crippen molar-refractivity contribution in [3.8, 4) is 5.75 Å². The highest BCUT2D eigenvalue weighted by Gasteiger charge is 2.24. The second-order valence-corrected chi connectivity index (χ2v) is 8.01. The molecule has 2 aliphatic rings. The van der Waals surface area contributed by atoms with Crippen molar-refractivity contribution in [2.45, 2.75) is 25.2 Å². The molecule has 1 amide bonds. The molecule has 0 radical (unpaired) electrons. The van der Waals surface area contributed by atoms with Crippen LogP contribution in [0.1, 0.15) is 30.7 Å². The average Bonchev–Trinajstić information content (AvgIpc) is 2.79. The third kappa shape index (κ3) is 5.07. The van der Waals surface area contributed by atoms with Gasteiger partial charge >= 0.3 is 0 Å². The highest BCUT2D eigenvalue weighted by molar-refractivity contribution is 5.76. The zero-order chi connectivity index (χ0) is 20.1. The Balaban J connectivity index is 1.17. The molecule has 0 unspecified atom stereocenters. The lowest BCUT2D eigenvalue weighted by atomic mass is 9.89. The van der Waals surface area contributed by atoms with Gasteiger partial charge in [-0.2, -0.15) is 0 Å². The van der Waals surface area contributed by atoms with Gasteiger partial charge in [0.05, 0.1) is 0 Å². The number of carbonyl (C=O) groups is 1. The number of piperidine rings is 1. The first-order valence-corrected chi connectivity index (χ1v) is 10.6. The molecule has 1 aromatic heterocycles. The molecule has 1 aromatic carbocycles. The number of nitrogens with zero attached hydrogens (tertiary/aromatic N) is 4. The Bertz CT molecular complexity index is 780. The van der Waals surface area contributed by atoms with Crippen LogP contribution in [-0.2, 0) is 4.79 Å². The fraction of sp³-hybridized carbons (Fsp3) is 0.478. The quantitative estimate of drug-likeness (QED) is 0.845. The van der Waals surface area contributed by atoms with Crippen LogP contribution in [0.25, 0.3) is 0 Å². The fourth-order valence-electron chi connectivity index (χ4n) is 4.37. The van der Waals surface area contributed by atoms with Gasteiger partial charge in [-0.05, 0) is 61.7 Å². The molecular formula is C23H30N4O2. The first-order chi connectivity index (χ1) is 14.2. The fourth-order valence-corrected chi connectivity index (χ4v) is 4.37. The number of benzene rings is 1. The summed E-state index contributed by atoms with van der Waals surface area (Å²) in [5.41, 5.74) is 1.31. The van der Waals surface area contributed by atoms with Crippen LogP contribution in [0.15, 0.2) is 48.7 Å². The Kier molecular flexibility index (Phi) is 6.30. The van der Waals surface area contributed by atoms with Crippen molar-refractivity contribution in [3.05, 3.63) is 54.2 Å². The molecule has 0 bridgehead atoms. The lowest BCUT2D eigenvalue weighted by molar-refractivity contribution is -0.131. The number of amides is 1. The minimum atomic E-state index is 0.270. The van der Waals surface area contributed by atoms with Crippen LogP contribution in [-0.4, -0.2) is 71.6 Å². The van der Waals surface area contributed by atoms with Crippen molar-refractivity contribution in [1.82, 2.24) is 14.8 Å². The molecule has 6 nitrogen and oxygen atoms in total. The molecule has 6 heteroatoms. The molecule has 29 heavy (non-hydrogen) atoms. The molecule has 2 fully saturated rings. The first-order valence-electron chi connectivity index (χ1n) is 10.6. The number of phenols is 1. The molecule has 3 heterocycles. The van der Waals surface area contributed by atoms with E-state index in [2.05, 4.69) is 14.8 Å². The van der Waals surface area contributed by atoms with Gasteiger partial charge in [0.1, 0.15) is 11.6 Å². The van der Waals surface area contributed by atoms with Crippen molar-refractivity contribution in [1.29, 1.82) is 0 Å². The molecule has 0 spiro atoms. The Labute approximate surface area is 172 Å². The number of rotatable bonds is 5. The van der Waals surface area contributed by atoms with Gasteiger partial charge in [0, 0.05) is 45.3 Å². The predicted molar refractivity (Wildman–Crippen MR) is 114 cm³/mol. The minimum Gasteiger partial charge on any atom is -0.508 e. The number of phenolic OH excluding ortho intramolecular Hbond substituents is 1. The normalized spacial score (nSPS) is 18.8. The number of hydrogen-bond acceptors (Lipinski definition) is 5. The summed E-state index contributed by atoms with van der Waals surface area (Å²) in [5.74, 6) is 2.15. The average molecular weight is 395 g/mol. The first kappa shape index (κ1) is 19.7. The summed E-state index contributed by atoms with van der Waals surface area (Å²) in [5, 5.41) is 9.45. The van der Waals surface area contributed by atoms with E-state index in [0.717, 1.165) is 64.5 Å². The number of carbonyl (C=O) groups excluding carboxylic acids is 1. The third-order valence-electron chi connectivity index (χ3n) is 6.20. The molecule has 4 rings (SSSR count). The summed E-state index contributed by atoms with van der Waals surface area (Å²) < 4.78 is 0. The van der Waals surface area contributed by atoms with E-state index in [-0.39, 0.29) is 5.91 Å². The second kappa shape index (κ2) is 9.27. The second-order valence-electron chi connectivity index (χ2n) is 8.01. The van der Waals surface area contributed by atoms with E-state index >= 15 is 0 Å². The van der Waals surface area contributed by atoms with Gasteiger partial charge in [-0.25, -0.2) is 4.98 Å². The van der Waals surface area contributed by atoms with Gasteiger partial charge in [-0.3, -0.25) is 4.79 Å². The smallest absolute Gasteiger partial charge is 0.223 e. The van der Waals surface area contributed by atoms with Crippen molar-refractivity contribution < 1.29 is 9.90 Å². The summed E-state index contributed by atoms with van der Waals surface area (Å²) in [4.78, 5) is 23.7. The highest BCUT2D eigenvalue weighted by Crippen LogP contribution is 2.29. The van der Waals surface area contributed by atoms with E-state index in [1.54, 1.807) is 12.1 Å². The van der Waals surface area contributed by atoms with Gasteiger partial charge in [0.25, 0.3) is 0 Å². The summed E-state index contributed by atoms with van der Waals surface area (Å²) >= 11 is 0. The summed E-state index contributed by atoms with van der Waals surface area (Å²) in [6.07, 6.45) is 4.65. The van der Waals surface area contributed by atoms with E-state index in [0.29, 0.717) is 18.1 Å². The molecule has 0 atom stereocenters. The Morgan fingerprint density at radius 2 is 1.69 bits per heavy atom. The third-order valence-corrected chi connectivity index (χ3v) is 6.20. The van der Waals surface area contributed by atoms with E-state index < -0.39 is 0 Å². The number of aromatic nitrogens is 1. The molecule has 2 saturated heterocycles. The van der Waals surface area contributed by atoms with Crippen LogP contribution in [0, 0.1) is 0 Å². The van der Waals surface area contributed by atoms with Gasteiger partial charge < -0.3 is 19.8 Å². The van der Waals surface area contributed by atoms with Crippen LogP contribution < -0.4 is 4.90 Å². The standard InChI is InChI=1S/C23H30N4O2/c28-21-6-4-19(5-7-21)20-8-12-25(13-9-20)14-10-23(29)27-17-15-26(16-18-27)22-3-1-2-11-24-22/h1-7,11,20,28H,8-10,12-18H2. The number of hydrogen-bond donors (Lipinski definition) is 1. The SMILES string of the molecule is O=C(CCN1CCC(c2ccc(O)cc2)CC1)N1CCN(c2ccccn2)CC1. The molecule has 154 valence electrons. The maximum Gasteiger partial charge on any atom is 0.223 e. The number of pyridine rings is 1. The maximum atomic E-state index is 12.6. The van der Waals surface area contributed by atoms with Crippen LogP contribution >= 0.6 is 0 Å². The number of aromatic hydroxyl groups is 1. The van der Waals surface area contributed by atoms with Crippen molar-refractivity contribution in [2.24, 2.45) is 0 Å².